The first-order chi connectivity index (χ1) is 15.5. The Kier molecular flexibility index (Phi) is 6.01. The Balaban J connectivity index is 1.15. The van der Waals surface area contributed by atoms with Crippen LogP contribution in [0.4, 0.5) is 11.8 Å². The normalized spacial score (nSPS) is 24.4. The number of sulfonamides is 1. The average Bonchev–Trinajstić information content (AvgIpc) is 3.30. The van der Waals surface area contributed by atoms with Gasteiger partial charge in [-0.15, -0.1) is 0 Å². The predicted octanol–water partition coefficient (Wildman–Crippen LogP) is 1.27. The van der Waals surface area contributed by atoms with Gasteiger partial charge >= 0.3 is 0 Å². The van der Waals surface area contributed by atoms with Crippen LogP contribution in [0, 0.1) is 0 Å². The highest BCUT2D eigenvalue weighted by molar-refractivity contribution is 7.89. The van der Waals surface area contributed by atoms with Crippen molar-refractivity contribution in [2.75, 3.05) is 43.1 Å². The smallest absolute Gasteiger partial charge is 0.224 e. The molecule has 12 heteroatoms. The zero-order valence-electron chi connectivity index (χ0n) is 17.9. The molecule has 2 fully saturated rings. The van der Waals surface area contributed by atoms with Crippen LogP contribution in [0.25, 0.3) is 11.2 Å². The molecule has 3 aliphatic rings. The van der Waals surface area contributed by atoms with E-state index < -0.39 is 16.3 Å². The number of nitrogens with two attached hydrogens (primary N) is 1. The SMILES string of the molecule is Nc1nc(NC2CC2)c2ncn([C@H]3C=C[C@@H](COCCS(=O)(=O)N4CCCCC4)O3)c2n1. The van der Waals surface area contributed by atoms with Gasteiger partial charge in [0, 0.05) is 19.1 Å². The number of rotatable bonds is 9. The summed E-state index contributed by atoms with van der Waals surface area (Å²) in [6.45, 7) is 1.65. The number of aromatic nitrogens is 4. The molecule has 174 valence electrons. The molecule has 1 aliphatic carbocycles. The van der Waals surface area contributed by atoms with Crippen molar-refractivity contribution in [3.63, 3.8) is 0 Å². The van der Waals surface area contributed by atoms with E-state index in [-0.39, 0.29) is 31.0 Å². The van der Waals surface area contributed by atoms with Crippen molar-refractivity contribution in [3.05, 3.63) is 18.5 Å². The van der Waals surface area contributed by atoms with Gasteiger partial charge in [0.2, 0.25) is 16.0 Å². The van der Waals surface area contributed by atoms with Gasteiger partial charge in [-0.25, -0.2) is 17.7 Å². The second-order valence-corrected chi connectivity index (χ2v) is 10.6. The summed E-state index contributed by atoms with van der Waals surface area (Å²) in [5.74, 6) is 0.816. The lowest BCUT2D eigenvalue weighted by atomic mass is 10.2. The standard InChI is InChI=1S/C20H29N7O4S/c21-20-24-18(23-14-4-5-14)17-19(25-20)27(13-22-17)16-7-6-15(31-16)12-30-10-11-32(28,29)26-8-2-1-3-9-26/h6-7,13-16H,1-5,8-12H2,(H3,21,23,24,25)/t15-,16+/m0/s1. The lowest BCUT2D eigenvalue weighted by molar-refractivity contribution is -0.0249. The molecule has 0 amide bonds. The van der Waals surface area contributed by atoms with Gasteiger partial charge < -0.3 is 20.5 Å². The molecule has 32 heavy (non-hydrogen) atoms. The van der Waals surface area contributed by atoms with Gasteiger partial charge in [0.25, 0.3) is 0 Å². The van der Waals surface area contributed by atoms with Crippen LogP contribution in [0.2, 0.25) is 0 Å². The third-order valence-corrected chi connectivity index (χ3v) is 7.75. The van der Waals surface area contributed by atoms with Crippen molar-refractivity contribution in [2.24, 2.45) is 0 Å². The third-order valence-electron chi connectivity index (χ3n) is 5.91. The summed E-state index contributed by atoms with van der Waals surface area (Å²) < 4.78 is 39.9. The Morgan fingerprint density at radius 2 is 2.00 bits per heavy atom. The van der Waals surface area contributed by atoms with Crippen LogP contribution in [-0.4, -0.2) is 76.4 Å². The number of hydrogen-bond donors (Lipinski definition) is 2. The van der Waals surface area contributed by atoms with Crippen molar-refractivity contribution in [1.82, 2.24) is 23.8 Å². The summed E-state index contributed by atoms with van der Waals surface area (Å²) in [5.41, 5.74) is 7.17. The molecule has 2 aliphatic heterocycles. The summed E-state index contributed by atoms with van der Waals surface area (Å²) in [4.78, 5) is 13.1. The minimum absolute atomic E-state index is 0.00795. The fraction of sp³-hybridized carbons (Fsp3) is 0.650. The van der Waals surface area contributed by atoms with E-state index in [1.54, 1.807) is 10.6 Å². The minimum atomic E-state index is -3.26. The summed E-state index contributed by atoms with van der Waals surface area (Å²) in [7, 11) is -3.26. The monoisotopic (exact) mass is 463 g/mol. The molecule has 3 N–H and O–H groups in total. The molecule has 0 aromatic carbocycles. The fourth-order valence-electron chi connectivity index (χ4n) is 4.02. The van der Waals surface area contributed by atoms with E-state index in [0.717, 1.165) is 32.1 Å². The maximum atomic E-state index is 12.4. The van der Waals surface area contributed by atoms with E-state index in [1.165, 1.54) is 0 Å². The predicted molar refractivity (Wildman–Crippen MR) is 119 cm³/mol. The molecule has 2 aromatic heterocycles. The maximum Gasteiger partial charge on any atom is 0.224 e. The molecular weight excluding hydrogens is 434 g/mol. The van der Waals surface area contributed by atoms with Gasteiger partial charge in [-0.1, -0.05) is 12.5 Å². The number of piperidine rings is 1. The lowest BCUT2D eigenvalue weighted by Gasteiger charge is -2.25. The molecule has 0 spiro atoms. The van der Waals surface area contributed by atoms with Crippen LogP contribution in [-0.2, 0) is 19.5 Å². The second kappa shape index (κ2) is 8.93. The number of anilines is 2. The quantitative estimate of drug-likeness (QED) is 0.416. The molecule has 2 aromatic rings. The topological polar surface area (TPSA) is 137 Å². The summed E-state index contributed by atoms with van der Waals surface area (Å²) in [6, 6.07) is 0.417. The van der Waals surface area contributed by atoms with Crippen LogP contribution < -0.4 is 11.1 Å². The first kappa shape index (κ1) is 21.6. The molecule has 11 nitrogen and oxygen atoms in total. The first-order valence-electron chi connectivity index (χ1n) is 11.2. The van der Waals surface area contributed by atoms with E-state index in [9.17, 15) is 8.42 Å². The number of nitrogen functional groups attached to an aromatic ring is 1. The van der Waals surface area contributed by atoms with E-state index in [2.05, 4.69) is 20.3 Å². The Morgan fingerprint density at radius 1 is 1.19 bits per heavy atom. The van der Waals surface area contributed by atoms with Crippen molar-refractivity contribution >= 4 is 33.0 Å². The Morgan fingerprint density at radius 3 is 2.78 bits per heavy atom. The average molecular weight is 464 g/mol. The van der Waals surface area contributed by atoms with Crippen LogP contribution in [0.15, 0.2) is 18.5 Å². The molecule has 5 rings (SSSR count). The molecule has 2 atom stereocenters. The van der Waals surface area contributed by atoms with Crippen LogP contribution in [0.1, 0.15) is 38.3 Å². The summed E-state index contributed by atoms with van der Waals surface area (Å²) in [6.07, 6.45) is 9.99. The Hall–Kier alpha value is -2.28. The van der Waals surface area contributed by atoms with Crippen LogP contribution in [0.3, 0.4) is 0 Å². The van der Waals surface area contributed by atoms with E-state index in [1.807, 2.05) is 16.7 Å². The molecular formula is C20H29N7O4S. The molecule has 1 saturated carbocycles. The highest BCUT2D eigenvalue weighted by Gasteiger charge is 2.27. The number of hydrogen-bond acceptors (Lipinski definition) is 9. The van der Waals surface area contributed by atoms with Gasteiger partial charge in [-0.2, -0.15) is 9.97 Å². The first-order valence-corrected chi connectivity index (χ1v) is 12.8. The fourth-order valence-corrected chi connectivity index (χ4v) is 5.42. The number of imidazole rings is 1. The van der Waals surface area contributed by atoms with Crippen molar-refractivity contribution in [3.8, 4) is 0 Å². The number of nitrogens with zero attached hydrogens (tertiary/aromatic N) is 5. The van der Waals surface area contributed by atoms with E-state index in [0.29, 0.717) is 36.1 Å². The lowest BCUT2D eigenvalue weighted by Crippen LogP contribution is -2.38. The van der Waals surface area contributed by atoms with Gasteiger partial charge in [0.05, 0.1) is 25.3 Å². The molecule has 0 unspecified atom stereocenters. The number of fused-ring (bicyclic) bond motifs is 1. The molecule has 1 saturated heterocycles. The maximum absolute atomic E-state index is 12.4. The molecule has 0 radical (unpaired) electrons. The minimum Gasteiger partial charge on any atom is -0.377 e. The van der Waals surface area contributed by atoms with Gasteiger partial charge in [-0.05, 0) is 31.8 Å². The summed E-state index contributed by atoms with van der Waals surface area (Å²) >= 11 is 0. The van der Waals surface area contributed by atoms with Crippen LogP contribution >= 0.6 is 0 Å². The highest BCUT2D eigenvalue weighted by Crippen LogP contribution is 2.30. The van der Waals surface area contributed by atoms with Crippen molar-refractivity contribution < 1.29 is 17.9 Å². The van der Waals surface area contributed by atoms with E-state index >= 15 is 0 Å². The second-order valence-electron chi connectivity index (χ2n) is 8.47. The van der Waals surface area contributed by atoms with Gasteiger partial charge in [-0.3, -0.25) is 4.57 Å². The molecule has 0 bridgehead atoms. The number of nitrogens with one attached hydrogen (secondary N) is 1. The van der Waals surface area contributed by atoms with Crippen molar-refractivity contribution in [2.45, 2.75) is 50.5 Å². The highest BCUT2D eigenvalue weighted by atomic mass is 32.2. The zero-order chi connectivity index (χ0) is 22.1. The van der Waals surface area contributed by atoms with Gasteiger partial charge in [0.15, 0.2) is 23.2 Å². The Bertz CT molecular complexity index is 1090. The number of ether oxygens (including phenoxy) is 2. The molecule has 4 heterocycles. The largest absolute Gasteiger partial charge is 0.377 e. The van der Waals surface area contributed by atoms with Gasteiger partial charge in [0.1, 0.15) is 6.10 Å². The van der Waals surface area contributed by atoms with Crippen LogP contribution in [0.5, 0.6) is 0 Å². The van der Waals surface area contributed by atoms with Crippen molar-refractivity contribution in [1.29, 1.82) is 0 Å². The summed E-state index contributed by atoms with van der Waals surface area (Å²) in [5, 5.41) is 3.34. The Labute approximate surface area is 187 Å². The third kappa shape index (κ3) is 4.72. The zero-order valence-corrected chi connectivity index (χ0v) is 18.7. The van der Waals surface area contributed by atoms with E-state index in [4.69, 9.17) is 15.2 Å².